The quantitative estimate of drug-likeness (QED) is 0.707. The van der Waals surface area contributed by atoms with Gasteiger partial charge in [0.05, 0.1) is 23.3 Å². The van der Waals surface area contributed by atoms with Gasteiger partial charge in [-0.25, -0.2) is 8.78 Å². The normalized spacial score (nSPS) is 25.4. The van der Waals surface area contributed by atoms with E-state index in [1.165, 1.54) is 17.6 Å². The highest BCUT2D eigenvalue weighted by Crippen LogP contribution is 2.43. The van der Waals surface area contributed by atoms with E-state index in [1.54, 1.807) is 7.05 Å². The number of piperazine rings is 1. The number of likely N-dealkylation sites (N-methyl/N-ethyl adjacent to an activating group) is 2. The summed E-state index contributed by atoms with van der Waals surface area (Å²) in [4.78, 5) is 22.5. The standard InChI is InChI=1S/C22H29F2N5O/c1-12-7-28-15(10-26(12)4)11-29(14-8-25(3)9-14)21-20(28)16-6-17(23)13(2)18(24)19(16)27(5)22(21)30/h6,12,14-15H,7-11H2,1-5H3. The smallest absolute Gasteiger partial charge is 0.276 e. The van der Waals surface area contributed by atoms with Crippen molar-refractivity contribution in [1.82, 2.24) is 14.4 Å². The first-order valence-electron chi connectivity index (χ1n) is 10.6. The second kappa shape index (κ2) is 6.65. The Bertz CT molecular complexity index is 1090. The third kappa shape index (κ3) is 2.62. The maximum absolute atomic E-state index is 15.2. The highest BCUT2D eigenvalue weighted by molar-refractivity contribution is 6.00. The van der Waals surface area contributed by atoms with Crippen LogP contribution in [0.4, 0.5) is 20.2 Å². The molecule has 4 heterocycles. The monoisotopic (exact) mass is 417 g/mol. The topological polar surface area (TPSA) is 35.0 Å². The van der Waals surface area contributed by atoms with E-state index in [-0.39, 0.29) is 34.8 Å². The van der Waals surface area contributed by atoms with Gasteiger partial charge >= 0.3 is 0 Å². The number of pyridine rings is 1. The van der Waals surface area contributed by atoms with Crippen LogP contribution in [0.2, 0.25) is 0 Å². The Balaban J connectivity index is 1.82. The lowest BCUT2D eigenvalue weighted by Crippen LogP contribution is -2.67. The van der Waals surface area contributed by atoms with Crippen LogP contribution in [0.15, 0.2) is 10.9 Å². The van der Waals surface area contributed by atoms with Crippen molar-refractivity contribution in [2.45, 2.75) is 32.0 Å². The summed E-state index contributed by atoms with van der Waals surface area (Å²) in [6.07, 6.45) is 0. The van der Waals surface area contributed by atoms with Crippen molar-refractivity contribution >= 4 is 22.3 Å². The summed E-state index contributed by atoms with van der Waals surface area (Å²) in [5, 5.41) is 0.492. The summed E-state index contributed by atoms with van der Waals surface area (Å²) < 4.78 is 31.2. The number of likely N-dealkylation sites (tertiary alicyclic amines) is 1. The van der Waals surface area contributed by atoms with E-state index < -0.39 is 11.6 Å². The van der Waals surface area contributed by atoms with Crippen molar-refractivity contribution in [3.05, 3.63) is 33.6 Å². The van der Waals surface area contributed by atoms with Gasteiger partial charge in [0.1, 0.15) is 11.5 Å². The number of halogens is 2. The largest absolute Gasteiger partial charge is 0.362 e. The molecule has 5 rings (SSSR count). The molecular weight excluding hydrogens is 388 g/mol. The summed E-state index contributed by atoms with van der Waals surface area (Å²) >= 11 is 0. The van der Waals surface area contributed by atoms with Crippen LogP contribution in [0.3, 0.4) is 0 Å². The summed E-state index contributed by atoms with van der Waals surface area (Å²) in [6, 6.07) is 2.12. The third-order valence-corrected chi connectivity index (χ3v) is 7.36. The number of benzene rings is 1. The van der Waals surface area contributed by atoms with Gasteiger partial charge in [0.25, 0.3) is 5.56 Å². The third-order valence-electron chi connectivity index (χ3n) is 7.36. The fourth-order valence-electron chi connectivity index (χ4n) is 5.38. The summed E-state index contributed by atoms with van der Waals surface area (Å²) in [7, 11) is 5.77. The molecule has 8 heteroatoms. The maximum Gasteiger partial charge on any atom is 0.276 e. The van der Waals surface area contributed by atoms with E-state index in [2.05, 4.69) is 40.6 Å². The molecule has 0 saturated carbocycles. The minimum atomic E-state index is -0.647. The van der Waals surface area contributed by atoms with E-state index in [0.717, 1.165) is 32.7 Å². The van der Waals surface area contributed by atoms with Crippen molar-refractivity contribution in [2.24, 2.45) is 7.05 Å². The number of fused-ring (bicyclic) bond motifs is 5. The molecule has 0 N–H and O–H groups in total. The molecule has 2 fully saturated rings. The summed E-state index contributed by atoms with van der Waals surface area (Å²) in [5.74, 6) is -1.22. The second-order valence-electron chi connectivity index (χ2n) is 9.38. The number of aryl methyl sites for hydroxylation is 1. The molecule has 2 atom stereocenters. The highest BCUT2D eigenvalue weighted by atomic mass is 19.1. The predicted octanol–water partition coefficient (Wildman–Crippen LogP) is 1.77. The Morgan fingerprint density at radius 3 is 2.23 bits per heavy atom. The van der Waals surface area contributed by atoms with Gasteiger partial charge in [-0.1, -0.05) is 0 Å². The van der Waals surface area contributed by atoms with Crippen LogP contribution in [0.25, 0.3) is 10.9 Å². The Morgan fingerprint density at radius 2 is 1.57 bits per heavy atom. The fourth-order valence-corrected chi connectivity index (χ4v) is 5.38. The average Bonchev–Trinajstić information content (AvgIpc) is 2.67. The van der Waals surface area contributed by atoms with Crippen molar-refractivity contribution in [2.75, 3.05) is 56.6 Å². The molecule has 2 aromatic rings. The van der Waals surface area contributed by atoms with Crippen LogP contribution >= 0.6 is 0 Å². The van der Waals surface area contributed by atoms with Gasteiger partial charge in [0.15, 0.2) is 5.82 Å². The number of hydrogen-bond donors (Lipinski definition) is 0. The molecule has 6 nitrogen and oxygen atoms in total. The minimum Gasteiger partial charge on any atom is -0.362 e. The minimum absolute atomic E-state index is 0.0472. The number of rotatable bonds is 1. The first kappa shape index (κ1) is 19.8. The molecule has 0 spiro atoms. The molecule has 162 valence electrons. The average molecular weight is 418 g/mol. The van der Waals surface area contributed by atoms with E-state index in [1.807, 2.05) is 0 Å². The number of anilines is 2. The molecular formula is C22H29F2N5O. The molecule has 1 aromatic carbocycles. The Morgan fingerprint density at radius 1 is 0.933 bits per heavy atom. The Hall–Kier alpha value is -2.19. The Kier molecular flexibility index (Phi) is 4.38. The van der Waals surface area contributed by atoms with E-state index >= 15 is 4.39 Å². The van der Waals surface area contributed by atoms with Crippen molar-refractivity contribution in [1.29, 1.82) is 0 Å². The molecule has 2 unspecified atom stereocenters. The van der Waals surface area contributed by atoms with Crippen LogP contribution in [0, 0.1) is 18.6 Å². The van der Waals surface area contributed by atoms with Crippen LogP contribution in [-0.2, 0) is 7.05 Å². The lowest BCUT2D eigenvalue weighted by molar-refractivity contribution is 0.165. The van der Waals surface area contributed by atoms with Crippen LogP contribution < -0.4 is 15.4 Å². The maximum atomic E-state index is 15.2. The molecule has 3 aliphatic rings. The SMILES string of the molecule is Cc1c(F)cc2c3c(c(=O)n(C)c2c1F)N(C1CN(C)C1)CC1CN(C)C(C)CN31. The van der Waals surface area contributed by atoms with Gasteiger partial charge in [-0.05, 0) is 34.0 Å². The van der Waals surface area contributed by atoms with Crippen molar-refractivity contribution in [3.8, 4) is 0 Å². The number of aromatic nitrogens is 1. The van der Waals surface area contributed by atoms with Crippen LogP contribution in [-0.4, -0.2) is 79.3 Å². The zero-order chi connectivity index (χ0) is 21.5. The van der Waals surface area contributed by atoms with Gasteiger partial charge in [-0.2, -0.15) is 0 Å². The van der Waals surface area contributed by atoms with Gasteiger partial charge < -0.3 is 19.3 Å². The van der Waals surface area contributed by atoms with Crippen LogP contribution in [0.1, 0.15) is 12.5 Å². The summed E-state index contributed by atoms with van der Waals surface area (Å²) in [6.45, 7) is 7.68. The van der Waals surface area contributed by atoms with Gasteiger partial charge in [-0.3, -0.25) is 9.69 Å². The molecule has 30 heavy (non-hydrogen) atoms. The molecule has 0 aliphatic carbocycles. The van der Waals surface area contributed by atoms with E-state index in [0.29, 0.717) is 16.8 Å². The molecule has 3 aliphatic heterocycles. The van der Waals surface area contributed by atoms with Gasteiger partial charge in [0.2, 0.25) is 0 Å². The zero-order valence-electron chi connectivity index (χ0n) is 18.2. The molecule has 1 aromatic heterocycles. The van der Waals surface area contributed by atoms with Gasteiger partial charge in [-0.15, -0.1) is 0 Å². The zero-order valence-corrected chi connectivity index (χ0v) is 18.2. The lowest BCUT2D eigenvalue weighted by atomic mass is 9.95. The molecule has 0 bridgehead atoms. The Labute approximate surface area is 175 Å². The van der Waals surface area contributed by atoms with Crippen molar-refractivity contribution in [3.63, 3.8) is 0 Å². The van der Waals surface area contributed by atoms with E-state index in [4.69, 9.17) is 0 Å². The highest BCUT2D eigenvalue weighted by Gasteiger charge is 2.43. The van der Waals surface area contributed by atoms with Crippen LogP contribution in [0.5, 0.6) is 0 Å². The lowest BCUT2D eigenvalue weighted by Gasteiger charge is -2.55. The summed E-state index contributed by atoms with van der Waals surface area (Å²) in [5.41, 5.74) is 1.24. The second-order valence-corrected chi connectivity index (χ2v) is 9.38. The fraction of sp³-hybridized carbons (Fsp3) is 0.591. The number of nitrogens with zero attached hydrogens (tertiary/aromatic N) is 5. The van der Waals surface area contributed by atoms with E-state index in [9.17, 15) is 9.18 Å². The first-order chi connectivity index (χ1) is 14.2. The van der Waals surface area contributed by atoms with Crippen molar-refractivity contribution < 1.29 is 8.78 Å². The first-order valence-corrected chi connectivity index (χ1v) is 10.6. The number of hydrogen-bond acceptors (Lipinski definition) is 5. The molecule has 2 saturated heterocycles. The predicted molar refractivity (Wildman–Crippen MR) is 116 cm³/mol. The molecule has 0 amide bonds. The molecule has 0 radical (unpaired) electrons. The van der Waals surface area contributed by atoms with Gasteiger partial charge in [0, 0.05) is 56.8 Å².